The van der Waals surface area contributed by atoms with Gasteiger partial charge in [0.05, 0.1) is 12.3 Å². The molecule has 0 bridgehead atoms. The van der Waals surface area contributed by atoms with Gasteiger partial charge in [-0.05, 0) is 31.9 Å². The normalized spacial score (nSPS) is 14.1. The average molecular weight is 248 g/mol. The second-order valence-electron chi connectivity index (χ2n) is 4.45. The molecule has 0 unspecified atom stereocenters. The van der Waals surface area contributed by atoms with Crippen LogP contribution in [0, 0.1) is 0 Å². The van der Waals surface area contributed by atoms with Crippen LogP contribution in [-0.4, -0.2) is 25.1 Å². The van der Waals surface area contributed by atoms with E-state index in [9.17, 15) is 4.79 Å². The molecule has 1 amide bonds. The summed E-state index contributed by atoms with van der Waals surface area (Å²) in [5.74, 6) is 0.960. The van der Waals surface area contributed by atoms with Gasteiger partial charge in [-0.25, -0.2) is 0 Å². The Kier molecular flexibility index (Phi) is 4.45. The molecule has 0 aromatic heterocycles. The van der Waals surface area contributed by atoms with Crippen LogP contribution in [0.4, 0.5) is 5.69 Å². The first-order valence-electron chi connectivity index (χ1n) is 6.54. The number of nitrogens with one attached hydrogen (secondary N) is 2. The zero-order valence-electron chi connectivity index (χ0n) is 10.7. The summed E-state index contributed by atoms with van der Waals surface area (Å²) < 4.78 is 5.51. The molecular formula is C14H20N2O2. The van der Waals surface area contributed by atoms with Crippen molar-refractivity contribution in [2.45, 2.75) is 32.2 Å². The van der Waals surface area contributed by atoms with Crippen molar-refractivity contribution in [2.24, 2.45) is 0 Å². The van der Waals surface area contributed by atoms with E-state index in [-0.39, 0.29) is 5.91 Å². The lowest BCUT2D eigenvalue weighted by Crippen LogP contribution is -2.27. The molecule has 1 aliphatic carbocycles. The number of rotatable bonds is 7. The zero-order valence-corrected chi connectivity index (χ0v) is 10.7. The van der Waals surface area contributed by atoms with Crippen LogP contribution >= 0.6 is 0 Å². The van der Waals surface area contributed by atoms with Gasteiger partial charge >= 0.3 is 0 Å². The fourth-order valence-corrected chi connectivity index (χ4v) is 1.73. The Balaban J connectivity index is 1.76. The summed E-state index contributed by atoms with van der Waals surface area (Å²) in [7, 11) is 0. The highest BCUT2D eigenvalue weighted by atomic mass is 16.5. The Morgan fingerprint density at radius 3 is 2.89 bits per heavy atom. The molecule has 1 aliphatic rings. The average Bonchev–Trinajstić information content (AvgIpc) is 3.15. The van der Waals surface area contributed by atoms with Gasteiger partial charge in [-0.3, -0.25) is 4.79 Å². The molecule has 1 fully saturated rings. The van der Waals surface area contributed by atoms with Gasteiger partial charge in [0.2, 0.25) is 5.91 Å². The summed E-state index contributed by atoms with van der Waals surface area (Å²) in [5, 5.41) is 6.21. The quantitative estimate of drug-likeness (QED) is 0.777. The molecular weight excluding hydrogens is 228 g/mol. The number of carbonyl (C=O) groups excluding carboxylic acids is 1. The first-order valence-corrected chi connectivity index (χ1v) is 6.54. The van der Waals surface area contributed by atoms with Gasteiger partial charge in [0.1, 0.15) is 5.75 Å². The van der Waals surface area contributed by atoms with Crippen LogP contribution in [0.3, 0.4) is 0 Å². The fourth-order valence-electron chi connectivity index (χ4n) is 1.73. The van der Waals surface area contributed by atoms with Crippen molar-refractivity contribution < 1.29 is 9.53 Å². The summed E-state index contributed by atoms with van der Waals surface area (Å²) in [4.78, 5) is 11.5. The van der Waals surface area contributed by atoms with Crippen LogP contribution in [0.25, 0.3) is 0 Å². The van der Waals surface area contributed by atoms with E-state index in [1.54, 1.807) is 0 Å². The number of hydrogen-bond acceptors (Lipinski definition) is 3. The van der Waals surface area contributed by atoms with E-state index >= 15 is 0 Å². The highest BCUT2D eigenvalue weighted by Gasteiger charge is 2.22. The van der Waals surface area contributed by atoms with Crippen molar-refractivity contribution in [3.05, 3.63) is 24.3 Å². The Labute approximate surface area is 108 Å². The third-order valence-corrected chi connectivity index (χ3v) is 2.80. The first kappa shape index (κ1) is 12.7. The van der Waals surface area contributed by atoms with Crippen LogP contribution in [0.5, 0.6) is 5.75 Å². The lowest BCUT2D eigenvalue weighted by atomic mass is 10.3. The number of benzene rings is 1. The second kappa shape index (κ2) is 6.28. The largest absolute Gasteiger partial charge is 0.492 e. The Morgan fingerprint density at radius 1 is 1.39 bits per heavy atom. The number of carbonyl (C=O) groups is 1. The molecule has 2 rings (SSSR count). The lowest BCUT2D eigenvalue weighted by Gasteiger charge is -2.11. The molecule has 0 radical (unpaired) electrons. The minimum absolute atomic E-state index is 0.124. The molecule has 0 aliphatic heterocycles. The number of anilines is 1. The van der Waals surface area contributed by atoms with Crippen molar-refractivity contribution in [3.63, 3.8) is 0 Å². The molecule has 2 N–H and O–H groups in total. The maximum atomic E-state index is 11.5. The molecule has 4 nitrogen and oxygen atoms in total. The Morgan fingerprint density at radius 2 is 2.17 bits per heavy atom. The van der Waals surface area contributed by atoms with E-state index in [0.717, 1.165) is 24.3 Å². The Hall–Kier alpha value is -1.71. The zero-order chi connectivity index (χ0) is 12.8. The van der Waals surface area contributed by atoms with Gasteiger partial charge in [0.15, 0.2) is 0 Å². The molecule has 4 heteroatoms. The first-order chi connectivity index (χ1) is 8.79. The van der Waals surface area contributed by atoms with Gasteiger partial charge in [0.25, 0.3) is 0 Å². The van der Waals surface area contributed by atoms with Crippen molar-refractivity contribution in [3.8, 4) is 5.75 Å². The van der Waals surface area contributed by atoms with Gasteiger partial charge in [-0.2, -0.15) is 0 Å². The molecule has 0 spiro atoms. The van der Waals surface area contributed by atoms with Gasteiger partial charge in [-0.15, -0.1) is 0 Å². The van der Waals surface area contributed by atoms with Gasteiger partial charge in [-0.1, -0.05) is 12.1 Å². The highest BCUT2D eigenvalue weighted by Crippen LogP contribution is 2.23. The molecule has 1 aromatic rings. The molecule has 0 heterocycles. The number of ether oxygens (including phenoxy) is 1. The molecule has 0 saturated heterocycles. The smallest absolute Gasteiger partial charge is 0.221 e. The van der Waals surface area contributed by atoms with E-state index in [0.29, 0.717) is 25.6 Å². The van der Waals surface area contributed by atoms with Crippen molar-refractivity contribution in [2.75, 3.05) is 18.5 Å². The monoisotopic (exact) mass is 248 g/mol. The van der Waals surface area contributed by atoms with E-state index in [4.69, 9.17) is 4.74 Å². The van der Waals surface area contributed by atoms with E-state index in [1.807, 2.05) is 31.2 Å². The van der Waals surface area contributed by atoms with Gasteiger partial charge in [0, 0.05) is 19.0 Å². The summed E-state index contributed by atoms with van der Waals surface area (Å²) in [6, 6.07) is 8.22. The van der Waals surface area contributed by atoms with E-state index in [2.05, 4.69) is 10.6 Å². The number of para-hydroxylation sites is 2. The van der Waals surface area contributed by atoms with Crippen LogP contribution in [-0.2, 0) is 4.79 Å². The highest BCUT2D eigenvalue weighted by molar-refractivity contribution is 5.77. The van der Waals surface area contributed by atoms with Crippen molar-refractivity contribution in [1.82, 2.24) is 5.32 Å². The van der Waals surface area contributed by atoms with E-state index in [1.165, 1.54) is 0 Å². The van der Waals surface area contributed by atoms with Crippen LogP contribution < -0.4 is 15.4 Å². The SMILES string of the molecule is CCOc1ccccc1NCCC(=O)NC1CC1. The summed E-state index contributed by atoms with van der Waals surface area (Å²) in [6.07, 6.45) is 2.76. The van der Waals surface area contributed by atoms with Crippen LogP contribution in [0.15, 0.2) is 24.3 Å². The van der Waals surface area contributed by atoms with Crippen LogP contribution in [0.1, 0.15) is 26.2 Å². The van der Waals surface area contributed by atoms with Crippen LogP contribution in [0.2, 0.25) is 0 Å². The minimum atomic E-state index is 0.124. The molecule has 1 saturated carbocycles. The summed E-state index contributed by atoms with van der Waals surface area (Å²) in [5.41, 5.74) is 0.943. The van der Waals surface area contributed by atoms with Crippen molar-refractivity contribution >= 4 is 11.6 Å². The maximum Gasteiger partial charge on any atom is 0.221 e. The number of amides is 1. The van der Waals surface area contributed by atoms with Crippen molar-refractivity contribution in [1.29, 1.82) is 0 Å². The summed E-state index contributed by atoms with van der Waals surface area (Å²) in [6.45, 7) is 3.23. The minimum Gasteiger partial charge on any atom is -0.492 e. The topological polar surface area (TPSA) is 50.4 Å². The maximum absolute atomic E-state index is 11.5. The van der Waals surface area contributed by atoms with Gasteiger partial charge < -0.3 is 15.4 Å². The molecule has 98 valence electrons. The Bertz CT molecular complexity index is 403. The molecule has 1 aromatic carbocycles. The third-order valence-electron chi connectivity index (χ3n) is 2.80. The lowest BCUT2D eigenvalue weighted by molar-refractivity contribution is -0.120. The second-order valence-corrected chi connectivity index (χ2v) is 4.45. The molecule has 18 heavy (non-hydrogen) atoms. The standard InChI is InChI=1S/C14H20N2O2/c1-2-18-13-6-4-3-5-12(13)15-10-9-14(17)16-11-7-8-11/h3-6,11,15H,2,7-10H2,1H3,(H,16,17). The molecule has 0 atom stereocenters. The fraction of sp³-hybridized carbons (Fsp3) is 0.500. The predicted molar refractivity (Wildman–Crippen MR) is 71.9 cm³/mol. The third kappa shape index (κ3) is 3.95. The van der Waals surface area contributed by atoms with E-state index < -0.39 is 0 Å². The summed E-state index contributed by atoms with van der Waals surface area (Å²) >= 11 is 0. The predicted octanol–water partition coefficient (Wildman–Crippen LogP) is 2.17. The number of hydrogen-bond donors (Lipinski definition) is 2.